The van der Waals surface area contributed by atoms with Crippen LogP contribution in [0.25, 0.3) is 0 Å². The molecule has 5 heteroatoms. The second-order valence-electron chi connectivity index (χ2n) is 5.01. The molecule has 0 aromatic heterocycles. The first-order chi connectivity index (χ1) is 9.50. The highest BCUT2D eigenvalue weighted by Crippen LogP contribution is 2.42. The fourth-order valence-electron chi connectivity index (χ4n) is 2.49. The van der Waals surface area contributed by atoms with E-state index in [1.807, 2.05) is 12.1 Å². The molecule has 2 nitrogen and oxygen atoms in total. The Morgan fingerprint density at radius 1 is 1.25 bits per heavy atom. The number of rotatable bonds is 4. The summed E-state index contributed by atoms with van der Waals surface area (Å²) in [7, 11) is -2.41. The molecular formula is C15H17BF2O2. The molecule has 0 saturated carbocycles. The molecule has 2 N–H and O–H groups in total. The summed E-state index contributed by atoms with van der Waals surface area (Å²) in [6.45, 7) is 2.06. The number of hydrogen-bond acceptors (Lipinski definition) is 2. The van der Waals surface area contributed by atoms with Gasteiger partial charge in [-0.05, 0) is 23.6 Å². The first kappa shape index (κ1) is 14.9. The normalized spacial score (nSPS) is 25.4. The summed E-state index contributed by atoms with van der Waals surface area (Å²) in [5, 5.41) is 18.5. The maximum absolute atomic E-state index is 14.7. The van der Waals surface area contributed by atoms with Crippen molar-refractivity contribution in [1.82, 2.24) is 0 Å². The molecule has 106 valence electrons. The molecule has 0 heterocycles. The lowest BCUT2D eigenvalue weighted by molar-refractivity contribution is 0.182. The van der Waals surface area contributed by atoms with Gasteiger partial charge in [-0.1, -0.05) is 49.8 Å². The lowest BCUT2D eigenvalue weighted by Crippen LogP contribution is -2.48. The molecule has 1 aliphatic rings. The van der Waals surface area contributed by atoms with Gasteiger partial charge in [-0.2, -0.15) is 0 Å². The van der Waals surface area contributed by atoms with Gasteiger partial charge in [0.1, 0.15) is 5.83 Å². The van der Waals surface area contributed by atoms with Gasteiger partial charge < -0.3 is 10.0 Å². The first-order valence-electron chi connectivity index (χ1n) is 6.68. The number of allylic oxidation sites excluding steroid dienone is 4. The molecule has 0 bridgehead atoms. The van der Waals surface area contributed by atoms with Crippen molar-refractivity contribution < 1.29 is 18.8 Å². The molecule has 0 radical (unpaired) electrons. The van der Waals surface area contributed by atoms with Crippen molar-refractivity contribution in [2.75, 3.05) is 0 Å². The molecule has 2 atom stereocenters. The number of halogens is 2. The number of benzene rings is 1. The zero-order valence-corrected chi connectivity index (χ0v) is 11.3. The second kappa shape index (κ2) is 5.89. The van der Waals surface area contributed by atoms with E-state index in [0.29, 0.717) is 5.56 Å². The van der Waals surface area contributed by atoms with Gasteiger partial charge in [-0.25, -0.2) is 8.78 Å². The predicted octanol–water partition coefficient (Wildman–Crippen LogP) is 2.87. The van der Waals surface area contributed by atoms with E-state index >= 15 is 0 Å². The van der Waals surface area contributed by atoms with Crippen molar-refractivity contribution in [3.05, 3.63) is 59.4 Å². The average molecular weight is 278 g/mol. The van der Waals surface area contributed by atoms with Crippen molar-refractivity contribution in [1.29, 1.82) is 0 Å². The highest BCUT2D eigenvalue weighted by molar-refractivity contribution is 6.46. The minimum Gasteiger partial charge on any atom is -0.425 e. The highest BCUT2D eigenvalue weighted by atomic mass is 19.2. The molecule has 1 aromatic rings. The van der Waals surface area contributed by atoms with Crippen LogP contribution in [0.4, 0.5) is 8.78 Å². The molecule has 1 aliphatic carbocycles. The van der Waals surface area contributed by atoms with Crippen LogP contribution in [-0.4, -0.2) is 22.7 Å². The molecule has 0 fully saturated rings. The Bertz CT molecular complexity index is 525. The average Bonchev–Trinajstić information content (AvgIpc) is 2.43. The first-order valence-corrected chi connectivity index (χ1v) is 6.68. The van der Waals surface area contributed by atoms with Gasteiger partial charge in [0.25, 0.3) is 0 Å². The zero-order valence-electron chi connectivity index (χ0n) is 11.3. The van der Waals surface area contributed by atoms with E-state index in [-0.39, 0.29) is 0 Å². The zero-order chi connectivity index (χ0) is 14.8. The molecule has 0 aliphatic heterocycles. The molecule has 1 aromatic carbocycles. The fourth-order valence-corrected chi connectivity index (χ4v) is 2.49. The molecule has 2 unspecified atom stereocenters. The van der Waals surface area contributed by atoms with Gasteiger partial charge in [0.05, 0.1) is 0 Å². The predicted molar refractivity (Wildman–Crippen MR) is 75.5 cm³/mol. The van der Waals surface area contributed by atoms with Crippen LogP contribution < -0.4 is 0 Å². The van der Waals surface area contributed by atoms with Crippen molar-refractivity contribution in [3.63, 3.8) is 0 Å². The Hall–Kier alpha value is -1.46. The third-order valence-corrected chi connectivity index (χ3v) is 3.62. The summed E-state index contributed by atoms with van der Waals surface area (Å²) in [5.41, 5.74) is -1.21. The monoisotopic (exact) mass is 278 g/mol. The summed E-state index contributed by atoms with van der Waals surface area (Å²) >= 11 is 0. The standard InChI is InChI=1S/C15H17BF2O2/c1-2-4-11-7-9-12(10-8-11)13-5-3-6-14(17)15(13,18)16(19)20/h3,5-10,13,19-20H,2,4H2,1H3. The van der Waals surface area contributed by atoms with Crippen LogP contribution in [-0.2, 0) is 6.42 Å². The third-order valence-electron chi connectivity index (χ3n) is 3.62. The summed E-state index contributed by atoms with van der Waals surface area (Å²) < 4.78 is 28.4. The van der Waals surface area contributed by atoms with Gasteiger partial charge in [0.2, 0.25) is 5.57 Å². The largest absolute Gasteiger partial charge is 0.500 e. The Morgan fingerprint density at radius 2 is 1.90 bits per heavy atom. The summed E-state index contributed by atoms with van der Waals surface area (Å²) in [4.78, 5) is 0. The maximum Gasteiger partial charge on any atom is 0.500 e. The lowest BCUT2D eigenvalue weighted by atomic mass is 9.59. The highest BCUT2D eigenvalue weighted by Gasteiger charge is 2.54. The topological polar surface area (TPSA) is 40.5 Å². The van der Waals surface area contributed by atoms with Crippen LogP contribution in [0.1, 0.15) is 30.4 Å². The van der Waals surface area contributed by atoms with Crippen LogP contribution >= 0.6 is 0 Å². The SMILES string of the molecule is CCCc1ccc(C2C=CC=C(F)C2(F)B(O)O)cc1. The fraction of sp³-hybridized carbons (Fsp3) is 0.333. The van der Waals surface area contributed by atoms with Crippen LogP contribution in [0.15, 0.2) is 48.3 Å². The van der Waals surface area contributed by atoms with Crippen LogP contribution in [0.2, 0.25) is 0 Å². The molecule has 20 heavy (non-hydrogen) atoms. The van der Waals surface area contributed by atoms with Crippen LogP contribution in [0, 0.1) is 0 Å². The quantitative estimate of drug-likeness (QED) is 0.831. The number of alkyl halides is 1. The number of hydrogen-bond donors (Lipinski definition) is 2. The summed E-state index contributed by atoms with van der Waals surface area (Å²) in [6, 6.07) is 7.12. The minimum absolute atomic E-state index is 0.514. The Labute approximate surface area is 117 Å². The van der Waals surface area contributed by atoms with E-state index < -0.39 is 24.4 Å². The third kappa shape index (κ3) is 2.56. The van der Waals surface area contributed by atoms with Crippen molar-refractivity contribution in [2.24, 2.45) is 0 Å². The molecule has 0 amide bonds. The summed E-state index contributed by atoms with van der Waals surface area (Å²) in [6.07, 6.45) is 5.67. The van der Waals surface area contributed by atoms with E-state index in [1.165, 1.54) is 12.2 Å². The molecule has 0 spiro atoms. The van der Waals surface area contributed by atoms with E-state index in [4.69, 9.17) is 0 Å². The van der Waals surface area contributed by atoms with Crippen LogP contribution in [0.3, 0.4) is 0 Å². The lowest BCUT2D eigenvalue weighted by Gasteiger charge is -2.32. The van der Waals surface area contributed by atoms with E-state index in [9.17, 15) is 18.8 Å². The van der Waals surface area contributed by atoms with Gasteiger partial charge in [-0.3, -0.25) is 0 Å². The van der Waals surface area contributed by atoms with E-state index in [0.717, 1.165) is 24.5 Å². The molecule has 2 rings (SSSR count). The number of aryl methyl sites for hydroxylation is 1. The Balaban J connectivity index is 2.35. The van der Waals surface area contributed by atoms with Gasteiger partial charge >= 0.3 is 7.12 Å². The van der Waals surface area contributed by atoms with Crippen LogP contribution in [0.5, 0.6) is 0 Å². The van der Waals surface area contributed by atoms with Gasteiger partial charge in [0, 0.05) is 5.92 Å². The smallest absolute Gasteiger partial charge is 0.425 e. The minimum atomic E-state index is -2.83. The van der Waals surface area contributed by atoms with E-state index in [1.54, 1.807) is 12.1 Å². The van der Waals surface area contributed by atoms with Gasteiger partial charge in [0.15, 0.2) is 0 Å². The van der Waals surface area contributed by atoms with Crippen molar-refractivity contribution in [3.8, 4) is 0 Å². The summed E-state index contributed by atoms with van der Waals surface area (Å²) in [5.74, 6) is -2.22. The van der Waals surface area contributed by atoms with Crippen molar-refractivity contribution >= 4 is 7.12 Å². The second-order valence-corrected chi connectivity index (χ2v) is 5.01. The molecular weight excluding hydrogens is 261 g/mol. The van der Waals surface area contributed by atoms with Gasteiger partial charge in [-0.15, -0.1) is 0 Å². The Kier molecular flexibility index (Phi) is 4.40. The molecule has 0 saturated heterocycles. The Morgan fingerprint density at radius 3 is 2.45 bits per heavy atom. The maximum atomic E-state index is 14.7. The van der Waals surface area contributed by atoms with E-state index in [2.05, 4.69) is 6.92 Å². The van der Waals surface area contributed by atoms with Crippen molar-refractivity contribution in [2.45, 2.75) is 31.3 Å².